The summed E-state index contributed by atoms with van der Waals surface area (Å²) >= 11 is 0. The fourth-order valence-electron chi connectivity index (χ4n) is 4.51. The fraction of sp³-hybridized carbons (Fsp3) is 0.217. The molecule has 0 saturated heterocycles. The molecule has 1 N–H and O–H groups in total. The van der Waals surface area contributed by atoms with Gasteiger partial charge in [0.05, 0.1) is 29.8 Å². The maximum absolute atomic E-state index is 13.4. The summed E-state index contributed by atoms with van der Waals surface area (Å²) in [7, 11) is 1.74. The van der Waals surface area contributed by atoms with Crippen molar-refractivity contribution in [2.24, 2.45) is 7.05 Å². The van der Waals surface area contributed by atoms with Crippen molar-refractivity contribution in [2.75, 3.05) is 11.4 Å². The molecule has 1 atom stereocenters. The van der Waals surface area contributed by atoms with Gasteiger partial charge in [-0.3, -0.25) is 4.79 Å². The first kappa shape index (κ1) is 17.5. The second-order valence-electron chi connectivity index (χ2n) is 7.51. The molecule has 0 fully saturated rings. The Morgan fingerprint density at radius 3 is 2.83 bits per heavy atom. The van der Waals surface area contributed by atoms with Gasteiger partial charge in [-0.05, 0) is 59.5 Å². The number of hydrogen-bond acceptors (Lipinski definition) is 4. The van der Waals surface area contributed by atoms with Crippen molar-refractivity contribution in [3.63, 3.8) is 0 Å². The van der Waals surface area contributed by atoms with Gasteiger partial charge < -0.3 is 14.8 Å². The van der Waals surface area contributed by atoms with Crippen LogP contribution in [0.2, 0.25) is 0 Å². The van der Waals surface area contributed by atoms with Gasteiger partial charge in [0.15, 0.2) is 0 Å². The van der Waals surface area contributed by atoms with Gasteiger partial charge >= 0.3 is 0 Å². The SMILES string of the molecule is Cn1ccc2c(c1=O)C1=C3C(=CN(c4ccc(F)cc4)C3CCN1)C=C2CC#N. The minimum absolute atomic E-state index is 0.0576. The normalized spacial score (nSPS) is 19.5. The molecule has 5 nitrogen and oxygen atoms in total. The number of nitrogens with one attached hydrogen (secondary N) is 1. The molecule has 6 heteroatoms. The van der Waals surface area contributed by atoms with Gasteiger partial charge in [0.25, 0.3) is 5.56 Å². The van der Waals surface area contributed by atoms with Crippen molar-refractivity contribution in [3.8, 4) is 6.07 Å². The predicted molar refractivity (Wildman–Crippen MR) is 110 cm³/mol. The molecule has 0 radical (unpaired) electrons. The van der Waals surface area contributed by atoms with Gasteiger partial charge in [-0.2, -0.15) is 5.26 Å². The Kier molecular flexibility index (Phi) is 3.92. The van der Waals surface area contributed by atoms with Crippen LogP contribution < -0.4 is 15.8 Å². The fourth-order valence-corrected chi connectivity index (χ4v) is 4.51. The number of nitriles is 1. The van der Waals surface area contributed by atoms with Crippen LogP contribution in [0.3, 0.4) is 0 Å². The summed E-state index contributed by atoms with van der Waals surface area (Å²) < 4.78 is 15.0. The number of rotatable bonds is 2. The first-order valence-electron chi connectivity index (χ1n) is 9.60. The van der Waals surface area contributed by atoms with E-state index in [9.17, 15) is 14.4 Å². The lowest BCUT2D eigenvalue weighted by atomic mass is 9.92. The zero-order chi connectivity index (χ0) is 20.1. The van der Waals surface area contributed by atoms with E-state index in [1.165, 1.54) is 12.1 Å². The highest BCUT2D eigenvalue weighted by molar-refractivity contribution is 5.90. The second-order valence-corrected chi connectivity index (χ2v) is 7.51. The number of benzene rings is 1. The molecule has 0 amide bonds. The minimum atomic E-state index is -0.270. The van der Waals surface area contributed by atoms with E-state index in [2.05, 4.69) is 16.3 Å². The third-order valence-electron chi connectivity index (χ3n) is 5.84. The Bertz CT molecular complexity index is 1210. The van der Waals surface area contributed by atoms with E-state index in [0.29, 0.717) is 5.56 Å². The smallest absolute Gasteiger partial charge is 0.260 e. The Labute approximate surface area is 167 Å². The first-order chi connectivity index (χ1) is 14.1. The zero-order valence-electron chi connectivity index (χ0n) is 15.9. The Hall–Kier alpha value is -3.59. The lowest BCUT2D eigenvalue weighted by Gasteiger charge is -2.32. The molecule has 1 aliphatic carbocycles. The molecule has 1 aromatic heterocycles. The molecule has 2 aliphatic heterocycles. The van der Waals surface area contributed by atoms with E-state index in [1.54, 1.807) is 29.9 Å². The molecule has 0 bridgehead atoms. The molecule has 0 saturated carbocycles. The number of nitrogens with zero attached hydrogens (tertiary/aromatic N) is 3. The minimum Gasteiger partial charge on any atom is -0.384 e. The topological polar surface area (TPSA) is 61.1 Å². The highest BCUT2D eigenvalue weighted by Crippen LogP contribution is 2.44. The molecule has 3 heterocycles. The Balaban J connectivity index is 1.77. The molecule has 1 unspecified atom stereocenters. The molecular formula is C23H19FN4O. The monoisotopic (exact) mass is 386 g/mol. The maximum atomic E-state index is 13.4. The average molecular weight is 386 g/mol. The number of pyridine rings is 1. The lowest BCUT2D eigenvalue weighted by Crippen LogP contribution is -2.38. The van der Waals surface area contributed by atoms with E-state index < -0.39 is 0 Å². The highest BCUT2D eigenvalue weighted by Gasteiger charge is 2.38. The van der Waals surface area contributed by atoms with Crippen molar-refractivity contribution in [3.05, 3.63) is 87.2 Å². The van der Waals surface area contributed by atoms with Crippen LogP contribution >= 0.6 is 0 Å². The van der Waals surface area contributed by atoms with Gasteiger partial charge in [0, 0.05) is 37.2 Å². The molecule has 0 spiro atoms. The van der Waals surface area contributed by atoms with Crippen LogP contribution in [0.5, 0.6) is 0 Å². The van der Waals surface area contributed by atoms with Crippen LogP contribution in [0.1, 0.15) is 24.0 Å². The van der Waals surface area contributed by atoms with Crippen LogP contribution in [0.25, 0.3) is 11.3 Å². The lowest BCUT2D eigenvalue weighted by molar-refractivity contribution is 0.623. The number of fused-ring (bicyclic) bond motifs is 2. The summed E-state index contributed by atoms with van der Waals surface area (Å²) in [4.78, 5) is 15.2. The molecular weight excluding hydrogens is 367 g/mol. The van der Waals surface area contributed by atoms with Crippen LogP contribution in [0, 0.1) is 17.1 Å². The van der Waals surface area contributed by atoms with Crippen molar-refractivity contribution < 1.29 is 4.39 Å². The van der Waals surface area contributed by atoms with Gasteiger partial charge in [-0.15, -0.1) is 0 Å². The van der Waals surface area contributed by atoms with Crippen LogP contribution in [0.15, 0.2) is 64.7 Å². The summed E-state index contributed by atoms with van der Waals surface area (Å²) in [6, 6.07) is 10.7. The van der Waals surface area contributed by atoms with Crippen LogP contribution in [0.4, 0.5) is 10.1 Å². The van der Waals surface area contributed by atoms with Gasteiger partial charge in [0.2, 0.25) is 0 Å². The van der Waals surface area contributed by atoms with Crippen molar-refractivity contribution in [1.82, 2.24) is 9.88 Å². The summed E-state index contributed by atoms with van der Waals surface area (Å²) in [5, 5.41) is 12.8. The molecule has 29 heavy (non-hydrogen) atoms. The number of aryl methyl sites for hydroxylation is 1. The van der Waals surface area contributed by atoms with Crippen molar-refractivity contribution in [1.29, 1.82) is 5.26 Å². The number of aromatic nitrogens is 1. The van der Waals surface area contributed by atoms with E-state index in [4.69, 9.17) is 0 Å². The highest BCUT2D eigenvalue weighted by atomic mass is 19.1. The molecule has 1 aromatic carbocycles. The first-order valence-corrected chi connectivity index (χ1v) is 9.60. The summed E-state index contributed by atoms with van der Waals surface area (Å²) in [6.45, 7) is 0.730. The number of halogens is 1. The van der Waals surface area contributed by atoms with Crippen molar-refractivity contribution >= 4 is 17.0 Å². The van der Waals surface area contributed by atoms with Crippen molar-refractivity contribution in [2.45, 2.75) is 18.9 Å². The molecule has 3 aliphatic rings. The number of allylic oxidation sites excluding steroid dienone is 2. The quantitative estimate of drug-likeness (QED) is 0.860. The average Bonchev–Trinajstić information content (AvgIpc) is 3.02. The third-order valence-corrected chi connectivity index (χ3v) is 5.84. The molecule has 2 aromatic rings. The standard InChI is InChI=1S/C23H19FN4O/c1-27-11-8-18-14(6-9-25)12-15-13-28(17-4-2-16(24)3-5-17)19-7-10-26-22(20(15)19)21(18)23(27)29/h2-5,8,11-13,19,26H,6-7,10H2,1H3. The number of hydrogen-bond donors (Lipinski definition) is 1. The molecule has 5 rings (SSSR count). The zero-order valence-corrected chi connectivity index (χ0v) is 15.9. The van der Waals surface area contributed by atoms with E-state index in [-0.39, 0.29) is 23.8 Å². The van der Waals surface area contributed by atoms with E-state index >= 15 is 0 Å². The Morgan fingerprint density at radius 2 is 2.07 bits per heavy atom. The summed E-state index contributed by atoms with van der Waals surface area (Å²) in [5.41, 5.74) is 6.00. The second kappa shape index (κ2) is 6.49. The summed E-state index contributed by atoms with van der Waals surface area (Å²) in [5.74, 6) is -0.270. The van der Waals surface area contributed by atoms with Gasteiger partial charge in [0.1, 0.15) is 5.82 Å². The largest absolute Gasteiger partial charge is 0.384 e. The van der Waals surface area contributed by atoms with Crippen LogP contribution in [-0.4, -0.2) is 17.2 Å². The Morgan fingerprint density at radius 1 is 1.28 bits per heavy atom. The maximum Gasteiger partial charge on any atom is 0.260 e. The van der Waals surface area contributed by atoms with Gasteiger partial charge in [-0.25, -0.2) is 4.39 Å². The third kappa shape index (κ3) is 2.62. The van der Waals surface area contributed by atoms with E-state index in [0.717, 1.165) is 46.6 Å². The predicted octanol–water partition coefficient (Wildman–Crippen LogP) is 3.31. The summed E-state index contributed by atoms with van der Waals surface area (Å²) in [6.07, 6.45) is 6.90. The van der Waals surface area contributed by atoms with Crippen LogP contribution in [-0.2, 0) is 7.05 Å². The van der Waals surface area contributed by atoms with E-state index in [1.807, 2.05) is 18.3 Å². The number of anilines is 1. The molecule has 144 valence electrons. The van der Waals surface area contributed by atoms with Gasteiger partial charge in [-0.1, -0.05) is 0 Å².